The maximum atomic E-state index is 12.7. The van der Waals surface area contributed by atoms with Crippen LogP contribution in [0.1, 0.15) is 105 Å². The zero-order valence-electron chi connectivity index (χ0n) is 36.9. The van der Waals surface area contributed by atoms with Crippen molar-refractivity contribution in [3.63, 3.8) is 0 Å². The lowest BCUT2D eigenvalue weighted by Gasteiger charge is -2.53. The lowest BCUT2D eigenvalue weighted by molar-refractivity contribution is -0.107. The van der Waals surface area contributed by atoms with Crippen LogP contribution in [0.15, 0.2) is 84.6 Å². The fourth-order valence-electron chi connectivity index (χ4n) is 11.2. The lowest BCUT2D eigenvalue weighted by atomic mass is 9.60. The summed E-state index contributed by atoms with van der Waals surface area (Å²) in [6, 6.07) is 18.7. The number of fused-ring (bicyclic) bond motifs is 1. The second-order valence-electron chi connectivity index (χ2n) is 19.1. The Morgan fingerprint density at radius 2 is 1.70 bits per heavy atom. The molecule has 9 rings (SSSR count). The van der Waals surface area contributed by atoms with E-state index in [2.05, 4.69) is 61.1 Å². The number of nitrogens with zero attached hydrogens (tertiary/aromatic N) is 6. The van der Waals surface area contributed by atoms with E-state index < -0.39 is 0 Å². The molecule has 2 aromatic heterocycles. The zero-order chi connectivity index (χ0) is 43.7. The van der Waals surface area contributed by atoms with Crippen LogP contribution >= 0.6 is 0 Å². The molecule has 2 saturated carbocycles. The van der Waals surface area contributed by atoms with Crippen molar-refractivity contribution < 1.29 is 14.7 Å². The number of piperidine rings is 3. The Morgan fingerprint density at radius 1 is 0.952 bits per heavy atom. The normalized spacial score (nSPS) is 21.0. The molecular formula is C50H66N10O3. The summed E-state index contributed by atoms with van der Waals surface area (Å²) in [6.07, 6.45) is 19.1. The summed E-state index contributed by atoms with van der Waals surface area (Å²) < 4.78 is 2.45. The molecule has 334 valence electrons. The number of urea groups is 1. The summed E-state index contributed by atoms with van der Waals surface area (Å²) in [5.41, 5.74) is 26.7. The highest BCUT2D eigenvalue weighted by atomic mass is 16.3. The van der Waals surface area contributed by atoms with Crippen molar-refractivity contribution in [3.05, 3.63) is 101 Å². The number of aromatic hydroxyl groups is 1. The highest BCUT2D eigenvalue weighted by molar-refractivity contribution is 5.95. The largest absolute Gasteiger partial charge is 0.507 e. The predicted molar refractivity (Wildman–Crippen MR) is 251 cm³/mol. The van der Waals surface area contributed by atoms with Gasteiger partial charge in [-0.15, -0.1) is 0 Å². The van der Waals surface area contributed by atoms with Gasteiger partial charge in [-0.3, -0.25) is 4.90 Å². The SMILES string of the molecule is CNC(=O)N(CCC=O)c1cnc2c(c1)c(C1CC1)cn2C1CC2(CCN(CC3CCN(c4ccc(C5CCCN(C(/C=C(\N)c6ccccc6O)=C(N)N)C5)cc4)CC3)CC2)C1. The highest BCUT2D eigenvalue weighted by Gasteiger charge is 2.47. The monoisotopic (exact) mass is 855 g/mol. The fourth-order valence-corrected chi connectivity index (χ4v) is 11.2. The van der Waals surface area contributed by atoms with E-state index >= 15 is 0 Å². The number of carbonyl (C=O) groups is 2. The third-order valence-corrected chi connectivity index (χ3v) is 15.0. The van der Waals surface area contributed by atoms with E-state index in [4.69, 9.17) is 22.2 Å². The Kier molecular flexibility index (Phi) is 12.3. The van der Waals surface area contributed by atoms with E-state index in [-0.39, 0.29) is 24.0 Å². The molecule has 5 aliphatic rings. The number of pyridine rings is 1. The van der Waals surface area contributed by atoms with Crippen LogP contribution < -0.4 is 32.3 Å². The summed E-state index contributed by atoms with van der Waals surface area (Å²) >= 11 is 0. The van der Waals surface area contributed by atoms with Crippen molar-refractivity contribution in [2.24, 2.45) is 28.5 Å². The number of nitrogens with one attached hydrogen (secondary N) is 1. The van der Waals surface area contributed by atoms with Gasteiger partial charge in [-0.25, -0.2) is 9.78 Å². The van der Waals surface area contributed by atoms with Gasteiger partial charge in [-0.05, 0) is 142 Å². The number of amides is 2. The van der Waals surface area contributed by atoms with Gasteiger partial charge in [0.1, 0.15) is 23.5 Å². The molecule has 2 aliphatic carbocycles. The summed E-state index contributed by atoms with van der Waals surface area (Å²) in [7, 11) is 1.62. The Morgan fingerprint density at radius 3 is 2.38 bits per heavy atom. The quantitative estimate of drug-likeness (QED) is 0.0699. The first-order chi connectivity index (χ1) is 30.6. The molecule has 1 atom stereocenters. The number of rotatable bonds is 13. The van der Waals surface area contributed by atoms with Crippen molar-refractivity contribution in [1.82, 2.24) is 24.7 Å². The summed E-state index contributed by atoms with van der Waals surface area (Å²) in [6.45, 7) is 7.78. The second-order valence-corrected chi connectivity index (χ2v) is 19.1. The van der Waals surface area contributed by atoms with Gasteiger partial charge in [-0.2, -0.15) is 0 Å². The molecule has 1 spiro atoms. The minimum Gasteiger partial charge on any atom is -0.507 e. The molecule has 4 aromatic rings. The number of para-hydroxylation sites is 1. The van der Waals surface area contributed by atoms with E-state index in [0.29, 0.717) is 46.8 Å². The maximum absolute atomic E-state index is 12.7. The third kappa shape index (κ3) is 9.07. The average molecular weight is 855 g/mol. The first-order valence-corrected chi connectivity index (χ1v) is 23.4. The number of anilines is 2. The molecule has 13 heteroatoms. The summed E-state index contributed by atoms with van der Waals surface area (Å²) in [4.78, 5) is 38.0. The van der Waals surface area contributed by atoms with E-state index in [1.54, 1.807) is 36.2 Å². The average Bonchev–Trinajstić information content (AvgIpc) is 4.08. The van der Waals surface area contributed by atoms with E-state index in [1.807, 2.05) is 12.3 Å². The molecule has 3 saturated heterocycles. The van der Waals surface area contributed by atoms with Gasteiger partial charge in [0.25, 0.3) is 0 Å². The number of aromatic nitrogens is 2. The highest BCUT2D eigenvalue weighted by Crippen LogP contribution is 2.56. The molecule has 2 aromatic carbocycles. The van der Waals surface area contributed by atoms with Crippen molar-refractivity contribution in [3.8, 4) is 5.75 Å². The van der Waals surface area contributed by atoms with E-state index in [0.717, 1.165) is 67.9 Å². The first-order valence-electron chi connectivity index (χ1n) is 23.4. The summed E-state index contributed by atoms with van der Waals surface area (Å²) in [5, 5.41) is 14.2. The van der Waals surface area contributed by atoms with Crippen LogP contribution in [-0.4, -0.2) is 96.2 Å². The van der Waals surface area contributed by atoms with Crippen LogP contribution in [0.3, 0.4) is 0 Å². The number of allylic oxidation sites excluding steroid dienone is 1. The third-order valence-electron chi connectivity index (χ3n) is 15.0. The van der Waals surface area contributed by atoms with Crippen molar-refractivity contribution in [2.45, 2.75) is 88.5 Å². The molecule has 8 N–H and O–H groups in total. The van der Waals surface area contributed by atoms with Crippen molar-refractivity contribution >= 4 is 40.4 Å². The number of hydrogen-bond acceptors (Lipinski definition) is 10. The Bertz CT molecular complexity index is 2320. The minimum atomic E-state index is -0.221. The van der Waals surface area contributed by atoms with Crippen LogP contribution in [0.25, 0.3) is 16.7 Å². The molecule has 5 heterocycles. The molecule has 63 heavy (non-hydrogen) atoms. The van der Waals surface area contributed by atoms with Crippen LogP contribution in [0.5, 0.6) is 5.75 Å². The Hall–Kier alpha value is -5.69. The summed E-state index contributed by atoms with van der Waals surface area (Å²) in [5.74, 6) is 2.03. The van der Waals surface area contributed by atoms with Gasteiger partial charge in [0, 0.05) is 93.2 Å². The van der Waals surface area contributed by atoms with Crippen molar-refractivity contribution in [2.75, 3.05) is 69.2 Å². The number of phenolic OH excluding ortho intramolecular Hbond substituents is 1. The number of benzene rings is 2. The standard InChI is InChI=1S/C50H66N10O3/c1-54-49(63)59(20-5-25-61)39-26-42-43(36-9-10-36)33-60(48(42)55-30-39)40-28-50(29-40)17-23-56(24-18-50)31-34-15-21-57(22-16-34)38-13-11-35(12-14-38)37-6-4-19-58(32-37)45(47(52)53)27-44(51)41-7-2-3-8-46(41)62/h2-3,7-8,11-14,25-27,30,33-34,36-37,40,62H,4-6,9-10,15-24,28-29,31-32,51-53H2,1H3,(H,54,63)/b44-27-. The van der Waals surface area contributed by atoms with E-state index in [9.17, 15) is 14.7 Å². The first kappa shape index (κ1) is 42.6. The molecule has 13 nitrogen and oxygen atoms in total. The van der Waals surface area contributed by atoms with Gasteiger partial charge in [0.05, 0.1) is 17.6 Å². The van der Waals surface area contributed by atoms with Crippen LogP contribution in [0, 0.1) is 11.3 Å². The zero-order valence-corrected chi connectivity index (χ0v) is 36.9. The predicted octanol–water partition coefficient (Wildman–Crippen LogP) is 6.95. The van der Waals surface area contributed by atoms with Crippen LogP contribution in [0.4, 0.5) is 16.2 Å². The Balaban J connectivity index is 0.747. The molecule has 5 fully saturated rings. The van der Waals surface area contributed by atoms with Gasteiger partial charge >= 0.3 is 6.03 Å². The lowest BCUT2D eigenvalue weighted by Crippen LogP contribution is -2.49. The number of phenols is 1. The van der Waals surface area contributed by atoms with Gasteiger partial charge in [0.2, 0.25) is 0 Å². The number of carbonyl (C=O) groups excluding carboxylic acids is 2. The minimum absolute atomic E-state index is 0.129. The van der Waals surface area contributed by atoms with Crippen LogP contribution in [0.2, 0.25) is 0 Å². The van der Waals surface area contributed by atoms with E-state index in [1.165, 1.54) is 87.8 Å². The molecule has 1 unspecified atom stereocenters. The van der Waals surface area contributed by atoms with Gasteiger partial charge in [-0.1, -0.05) is 24.3 Å². The van der Waals surface area contributed by atoms with Gasteiger partial charge < -0.3 is 51.7 Å². The molecule has 3 aliphatic heterocycles. The second kappa shape index (κ2) is 18.2. The van der Waals surface area contributed by atoms with Crippen molar-refractivity contribution in [1.29, 1.82) is 0 Å². The molecule has 0 radical (unpaired) electrons. The number of likely N-dealkylation sites (tertiary alicyclic amines) is 2. The number of hydrogen-bond donors (Lipinski definition) is 5. The Labute approximate surface area is 371 Å². The molecule has 2 amide bonds. The fraction of sp³-hybridized carbons (Fsp3) is 0.500. The maximum Gasteiger partial charge on any atom is 0.321 e. The molecule has 0 bridgehead atoms. The van der Waals surface area contributed by atoms with Gasteiger partial charge in [0.15, 0.2) is 0 Å². The number of aldehydes is 1. The molecular weight excluding hydrogens is 789 g/mol. The van der Waals surface area contributed by atoms with Crippen LogP contribution in [-0.2, 0) is 4.79 Å². The topological polar surface area (TPSA) is 175 Å². The smallest absolute Gasteiger partial charge is 0.321 e. The number of nitrogens with two attached hydrogens (primary N) is 3.